The van der Waals surface area contributed by atoms with E-state index in [0.29, 0.717) is 12.3 Å². The molecule has 0 aliphatic carbocycles. The Labute approximate surface area is 173 Å². The van der Waals surface area contributed by atoms with Crippen molar-refractivity contribution in [1.29, 1.82) is 0 Å². The van der Waals surface area contributed by atoms with Crippen LogP contribution in [0.3, 0.4) is 0 Å². The van der Waals surface area contributed by atoms with Gasteiger partial charge in [-0.25, -0.2) is 4.98 Å². The second-order valence-electron chi connectivity index (χ2n) is 8.13. The van der Waals surface area contributed by atoms with Crippen LogP contribution in [0.25, 0.3) is 22.4 Å². The fraction of sp³-hybridized carbons (Fsp3) is 0.360. The van der Waals surface area contributed by atoms with Gasteiger partial charge in [-0.1, -0.05) is 49.4 Å². The van der Waals surface area contributed by atoms with E-state index in [0.717, 1.165) is 43.0 Å². The molecule has 0 fully saturated rings. The number of nitrogens with one attached hydrogen (secondary N) is 1. The third kappa shape index (κ3) is 4.26. The van der Waals surface area contributed by atoms with E-state index in [1.54, 1.807) is 0 Å². The van der Waals surface area contributed by atoms with Crippen LogP contribution in [-0.4, -0.2) is 22.0 Å². The molecule has 0 radical (unpaired) electrons. The second kappa shape index (κ2) is 8.24. The molecule has 29 heavy (non-hydrogen) atoms. The number of rotatable bonds is 5. The van der Waals surface area contributed by atoms with E-state index in [4.69, 9.17) is 4.98 Å². The molecule has 0 saturated heterocycles. The molecule has 4 nitrogen and oxygen atoms in total. The predicted octanol–water partition coefficient (Wildman–Crippen LogP) is 4.92. The number of hydrogen-bond donors (Lipinski definition) is 1. The molecule has 1 unspecified atom stereocenters. The first-order valence-corrected chi connectivity index (χ1v) is 10.5. The molecule has 4 heteroatoms. The highest BCUT2D eigenvalue weighted by molar-refractivity contribution is 5.75. The summed E-state index contributed by atoms with van der Waals surface area (Å²) in [5, 5.41) is 3.03. The van der Waals surface area contributed by atoms with Crippen molar-refractivity contribution < 1.29 is 4.79 Å². The first-order chi connectivity index (χ1) is 14.0. The van der Waals surface area contributed by atoms with E-state index < -0.39 is 0 Å². The van der Waals surface area contributed by atoms with Gasteiger partial charge >= 0.3 is 0 Å². The van der Waals surface area contributed by atoms with Gasteiger partial charge in [-0.2, -0.15) is 0 Å². The van der Waals surface area contributed by atoms with E-state index in [1.807, 2.05) is 6.92 Å². The number of nitrogens with zero attached hydrogens (tertiary/aromatic N) is 2. The molecule has 0 spiro atoms. The zero-order chi connectivity index (χ0) is 20.4. The van der Waals surface area contributed by atoms with Crippen molar-refractivity contribution in [1.82, 2.24) is 14.9 Å². The van der Waals surface area contributed by atoms with Gasteiger partial charge in [0.1, 0.15) is 5.82 Å². The minimum absolute atomic E-state index is 0.131. The highest BCUT2D eigenvalue weighted by Gasteiger charge is 2.21. The Balaban J connectivity index is 1.48. The van der Waals surface area contributed by atoms with Gasteiger partial charge in [0.25, 0.3) is 0 Å². The molecule has 0 bridgehead atoms. The lowest BCUT2D eigenvalue weighted by atomic mass is 9.99. The molecule has 1 atom stereocenters. The third-order valence-corrected chi connectivity index (χ3v) is 6.02. The van der Waals surface area contributed by atoms with Crippen LogP contribution >= 0.6 is 0 Å². The van der Waals surface area contributed by atoms with Crippen LogP contribution < -0.4 is 5.32 Å². The number of carbonyl (C=O) groups is 1. The number of carbonyl (C=O) groups excluding carboxylic acids is 1. The van der Waals surface area contributed by atoms with Crippen LogP contribution in [-0.2, 0) is 17.8 Å². The maximum Gasteiger partial charge on any atom is 0.219 e. The van der Waals surface area contributed by atoms with E-state index >= 15 is 0 Å². The minimum Gasteiger partial charge on any atom is -0.356 e. The monoisotopic (exact) mass is 387 g/mol. The molecule has 2 aromatic carbocycles. The summed E-state index contributed by atoms with van der Waals surface area (Å²) < 4.78 is 2.26. The number of aromatic nitrogens is 2. The van der Waals surface area contributed by atoms with E-state index in [2.05, 4.69) is 72.4 Å². The molecule has 1 aromatic heterocycles. The fourth-order valence-corrected chi connectivity index (χ4v) is 3.96. The molecule has 0 saturated carbocycles. The Kier molecular flexibility index (Phi) is 5.52. The minimum atomic E-state index is 0.131. The number of aryl methyl sites for hydroxylation is 3. The summed E-state index contributed by atoms with van der Waals surface area (Å²) in [4.78, 5) is 16.4. The van der Waals surface area contributed by atoms with Crippen LogP contribution in [0.15, 0.2) is 48.7 Å². The lowest BCUT2D eigenvalue weighted by Gasteiger charge is -2.23. The molecule has 3 aromatic rings. The van der Waals surface area contributed by atoms with Crippen molar-refractivity contribution in [3.8, 4) is 22.4 Å². The van der Waals surface area contributed by atoms with Crippen molar-refractivity contribution in [3.63, 3.8) is 0 Å². The zero-order valence-corrected chi connectivity index (χ0v) is 17.5. The smallest absolute Gasteiger partial charge is 0.219 e. The molecule has 4 rings (SSSR count). The molecule has 150 valence electrons. The van der Waals surface area contributed by atoms with Crippen LogP contribution in [0.5, 0.6) is 0 Å². The molecule has 1 amide bonds. The van der Waals surface area contributed by atoms with Crippen molar-refractivity contribution >= 4 is 5.91 Å². The summed E-state index contributed by atoms with van der Waals surface area (Å²) in [5.41, 5.74) is 7.30. The van der Waals surface area contributed by atoms with E-state index in [9.17, 15) is 4.79 Å². The largest absolute Gasteiger partial charge is 0.356 e. The standard InChI is InChI=1S/C25H29N3O/c1-4-25(29)26-14-19-6-12-24-27-23(16-28(24)15-19)21-10-8-20(9-11-21)22-7-5-17(2)18(3)13-22/h5,7-11,13,16,19H,4,6,12,14-15H2,1-3H3,(H,26,29). The van der Waals surface area contributed by atoms with Crippen LogP contribution in [0, 0.1) is 19.8 Å². The Morgan fingerprint density at radius 2 is 1.79 bits per heavy atom. The van der Waals surface area contributed by atoms with Crippen LogP contribution in [0.4, 0.5) is 0 Å². The first-order valence-electron chi connectivity index (χ1n) is 10.5. The average Bonchev–Trinajstić information content (AvgIpc) is 3.17. The van der Waals surface area contributed by atoms with Crippen molar-refractivity contribution in [3.05, 3.63) is 65.6 Å². The van der Waals surface area contributed by atoms with Gasteiger partial charge in [0, 0.05) is 37.7 Å². The van der Waals surface area contributed by atoms with Gasteiger partial charge in [0.05, 0.1) is 5.69 Å². The Bertz CT molecular complexity index is 1020. The van der Waals surface area contributed by atoms with E-state index in [1.165, 1.54) is 22.3 Å². The number of benzene rings is 2. The summed E-state index contributed by atoms with van der Waals surface area (Å²) in [6.45, 7) is 7.87. The van der Waals surface area contributed by atoms with Gasteiger partial charge < -0.3 is 9.88 Å². The average molecular weight is 388 g/mol. The highest BCUT2D eigenvalue weighted by atomic mass is 16.1. The SMILES string of the molecule is CCC(=O)NCC1CCc2nc(-c3ccc(-c4ccc(C)c(C)c4)cc3)cn2C1. The second-order valence-corrected chi connectivity index (χ2v) is 8.13. The molecule has 1 aliphatic rings. The molecular weight excluding hydrogens is 358 g/mol. The van der Waals surface area contributed by atoms with Crippen LogP contribution in [0.2, 0.25) is 0 Å². The van der Waals surface area contributed by atoms with Gasteiger partial charge in [-0.05, 0) is 48.4 Å². The van der Waals surface area contributed by atoms with Gasteiger partial charge in [0.15, 0.2) is 0 Å². The van der Waals surface area contributed by atoms with Crippen molar-refractivity contribution in [2.24, 2.45) is 5.92 Å². The first kappa shape index (κ1) is 19.4. The van der Waals surface area contributed by atoms with Crippen molar-refractivity contribution in [2.75, 3.05) is 6.54 Å². The Morgan fingerprint density at radius 1 is 1.07 bits per heavy atom. The maximum absolute atomic E-state index is 11.5. The maximum atomic E-state index is 11.5. The Hall–Kier alpha value is -2.88. The van der Waals surface area contributed by atoms with Crippen LogP contribution in [0.1, 0.15) is 36.7 Å². The third-order valence-electron chi connectivity index (χ3n) is 6.02. The summed E-state index contributed by atoms with van der Waals surface area (Å²) in [7, 11) is 0. The number of hydrogen-bond acceptors (Lipinski definition) is 2. The number of imidazole rings is 1. The zero-order valence-electron chi connectivity index (χ0n) is 17.5. The summed E-state index contributed by atoms with van der Waals surface area (Å²) in [5.74, 6) is 1.76. The van der Waals surface area contributed by atoms with Crippen molar-refractivity contribution in [2.45, 2.75) is 46.6 Å². The van der Waals surface area contributed by atoms with Gasteiger partial charge in [-0.15, -0.1) is 0 Å². The lowest BCUT2D eigenvalue weighted by molar-refractivity contribution is -0.121. The molecule has 2 heterocycles. The topological polar surface area (TPSA) is 46.9 Å². The highest BCUT2D eigenvalue weighted by Crippen LogP contribution is 2.28. The molecule has 1 N–H and O–H groups in total. The summed E-state index contributed by atoms with van der Waals surface area (Å²) >= 11 is 0. The summed E-state index contributed by atoms with van der Waals surface area (Å²) in [6.07, 6.45) is 4.75. The van der Waals surface area contributed by atoms with Gasteiger partial charge in [0.2, 0.25) is 5.91 Å². The Morgan fingerprint density at radius 3 is 2.52 bits per heavy atom. The predicted molar refractivity (Wildman–Crippen MR) is 118 cm³/mol. The summed E-state index contributed by atoms with van der Waals surface area (Å²) in [6, 6.07) is 15.3. The fourth-order valence-electron chi connectivity index (χ4n) is 3.96. The number of fused-ring (bicyclic) bond motifs is 1. The quantitative estimate of drug-likeness (QED) is 0.675. The molecular formula is C25H29N3O. The lowest BCUT2D eigenvalue weighted by Crippen LogP contribution is -2.33. The normalized spacial score (nSPS) is 15.8. The van der Waals surface area contributed by atoms with Gasteiger partial charge in [-0.3, -0.25) is 4.79 Å². The van der Waals surface area contributed by atoms with E-state index in [-0.39, 0.29) is 5.91 Å². The molecule has 1 aliphatic heterocycles. The number of amides is 1.